The number of carbonyl (C=O) groups is 2. The fourth-order valence-electron chi connectivity index (χ4n) is 3.85. The van der Waals surface area contributed by atoms with E-state index in [1.54, 1.807) is 31.4 Å². The first-order valence-corrected chi connectivity index (χ1v) is 11.1. The molecule has 172 valence electrons. The van der Waals surface area contributed by atoms with Crippen LogP contribution in [0, 0.1) is 0 Å². The lowest BCUT2D eigenvalue weighted by Crippen LogP contribution is -2.37. The minimum absolute atomic E-state index is 0.0305. The average Bonchev–Trinajstić information content (AvgIpc) is 3.31. The zero-order chi connectivity index (χ0) is 23.1. The van der Waals surface area contributed by atoms with E-state index in [1.165, 1.54) is 0 Å². The Balaban J connectivity index is 1.90. The number of nitrogens with zero attached hydrogens (tertiary/aromatic N) is 2. The third kappa shape index (κ3) is 6.01. The van der Waals surface area contributed by atoms with Crippen LogP contribution in [-0.4, -0.2) is 57.2 Å². The van der Waals surface area contributed by atoms with E-state index in [0.29, 0.717) is 30.8 Å². The maximum atomic E-state index is 13.5. The van der Waals surface area contributed by atoms with E-state index < -0.39 is 0 Å². The molecule has 0 aromatic heterocycles. The van der Waals surface area contributed by atoms with Crippen molar-refractivity contribution in [3.8, 4) is 5.75 Å². The number of benzene rings is 2. The Bertz CT molecular complexity index is 921. The van der Waals surface area contributed by atoms with Crippen LogP contribution < -0.4 is 15.0 Å². The molecule has 32 heavy (non-hydrogen) atoms. The van der Waals surface area contributed by atoms with Gasteiger partial charge in [-0.2, -0.15) is 0 Å². The number of ether oxygens (including phenoxy) is 2. The van der Waals surface area contributed by atoms with Crippen LogP contribution in [0.15, 0.2) is 42.5 Å². The molecule has 0 bridgehead atoms. The van der Waals surface area contributed by atoms with Gasteiger partial charge in [-0.1, -0.05) is 6.92 Å². The summed E-state index contributed by atoms with van der Waals surface area (Å²) in [5, 5.41) is 2.92. The molecular formula is C25H33N3O4. The van der Waals surface area contributed by atoms with Crippen molar-refractivity contribution in [3.05, 3.63) is 53.6 Å². The van der Waals surface area contributed by atoms with E-state index in [4.69, 9.17) is 9.47 Å². The summed E-state index contributed by atoms with van der Waals surface area (Å²) in [4.78, 5) is 29.2. The first-order valence-electron chi connectivity index (χ1n) is 11.1. The molecule has 1 N–H and O–H groups in total. The molecule has 1 aliphatic heterocycles. The lowest BCUT2D eigenvalue weighted by Gasteiger charge is -2.28. The van der Waals surface area contributed by atoms with Crippen LogP contribution in [0.3, 0.4) is 0 Å². The lowest BCUT2D eigenvalue weighted by molar-refractivity contribution is -0.115. The minimum Gasteiger partial charge on any atom is -0.497 e. The molecular weight excluding hydrogens is 406 g/mol. The SMILES string of the molecule is CCC(=O)Nc1ccc(N(C)C)c(CN(C[C@H]2CCCO2)C(=O)c2ccc(OC)cc2)c1. The second-order valence-electron chi connectivity index (χ2n) is 8.19. The summed E-state index contributed by atoms with van der Waals surface area (Å²) in [7, 11) is 5.55. The molecule has 0 radical (unpaired) electrons. The van der Waals surface area contributed by atoms with Gasteiger partial charge in [0.05, 0.1) is 13.2 Å². The van der Waals surface area contributed by atoms with Gasteiger partial charge in [0.1, 0.15) is 5.75 Å². The Morgan fingerprint density at radius 1 is 1.16 bits per heavy atom. The summed E-state index contributed by atoms with van der Waals surface area (Å²) in [6.45, 7) is 3.48. The summed E-state index contributed by atoms with van der Waals surface area (Å²) in [6, 6.07) is 13.0. The number of rotatable bonds is 9. The highest BCUT2D eigenvalue weighted by molar-refractivity contribution is 5.94. The van der Waals surface area contributed by atoms with Gasteiger partial charge in [-0.3, -0.25) is 9.59 Å². The van der Waals surface area contributed by atoms with Gasteiger partial charge in [0.2, 0.25) is 5.91 Å². The van der Waals surface area contributed by atoms with Crippen LogP contribution >= 0.6 is 0 Å². The monoisotopic (exact) mass is 439 g/mol. The molecule has 2 aromatic carbocycles. The summed E-state index contributed by atoms with van der Waals surface area (Å²) >= 11 is 0. The highest BCUT2D eigenvalue weighted by Crippen LogP contribution is 2.26. The van der Waals surface area contributed by atoms with Crippen LogP contribution in [-0.2, 0) is 16.1 Å². The summed E-state index contributed by atoms with van der Waals surface area (Å²) < 4.78 is 11.1. The van der Waals surface area contributed by atoms with Gasteiger partial charge in [0.15, 0.2) is 0 Å². The van der Waals surface area contributed by atoms with Crippen molar-refractivity contribution in [2.75, 3.05) is 44.6 Å². The summed E-state index contributed by atoms with van der Waals surface area (Å²) in [5.41, 5.74) is 3.29. The van der Waals surface area contributed by atoms with Crippen molar-refractivity contribution in [1.82, 2.24) is 4.90 Å². The average molecular weight is 440 g/mol. The zero-order valence-electron chi connectivity index (χ0n) is 19.4. The van der Waals surface area contributed by atoms with Crippen LogP contribution in [0.4, 0.5) is 11.4 Å². The Kier molecular flexibility index (Phi) is 8.11. The van der Waals surface area contributed by atoms with Crippen molar-refractivity contribution in [1.29, 1.82) is 0 Å². The fraction of sp³-hybridized carbons (Fsp3) is 0.440. The predicted octanol–water partition coefficient (Wildman–Crippen LogP) is 3.93. The maximum Gasteiger partial charge on any atom is 0.254 e. The van der Waals surface area contributed by atoms with Crippen LogP contribution in [0.1, 0.15) is 42.1 Å². The van der Waals surface area contributed by atoms with E-state index in [0.717, 1.165) is 36.4 Å². The van der Waals surface area contributed by atoms with E-state index >= 15 is 0 Å². The molecule has 1 aliphatic rings. The van der Waals surface area contributed by atoms with E-state index in [-0.39, 0.29) is 17.9 Å². The molecule has 7 nitrogen and oxygen atoms in total. The quantitative estimate of drug-likeness (QED) is 0.641. The van der Waals surface area contributed by atoms with Gasteiger partial charge in [-0.05, 0) is 60.9 Å². The first-order chi connectivity index (χ1) is 15.4. The zero-order valence-corrected chi connectivity index (χ0v) is 19.4. The third-order valence-corrected chi connectivity index (χ3v) is 5.60. The number of hydrogen-bond acceptors (Lipinski definition) is 5. The molecule has 2 amide bonds. The number of carbonyl (C=O) groups excluding carboxylic acids is 2. The maximum absolute atomic E-state index is 13.5. The Labute approximate surface area is 190 Å². The van der Waals surface area contributed by atoms with Crippen molar-refractivity contribution in [2.45, 2.75) is 38.8 Å². The Morgan fingerprint density at radius 2 is 1.91 bits per heavy atom. The highest BCUT2D eigenvalue weighted by atomic mass is 16.5. The summed E-state index contributed by atoms with van der Waals surface area (Å²) in [5.74, 6) is 0.608. The van der Waals surface area contributed by atoms with E-state index in [2.05, 4.69) is 5.32 Å². The molecule has 2 aromatic rings. The molecule has 7 heteroatoms. The molecule has 1 saturated heterocycles. The number of anilines is 2. The van der Waals surface area contributed by atoms with Crippen molar-refractivity contribution in [2.24, 2.45) is 0 Å². The van der Waals surface area contributed by atoms with Gasteiger partial charge in [-0.25, -0.2) is 0 Å². The second-order valence-corrected chi connectivity index (χ2v) is 8.19. The van der Waals surface area contributed by atoms with Crippen LogP contribution in [0.5, 0.6) is 5.75 Å². The summed E-state index contributed by atoms with van der Waals surface area (Å²) in [6.07, 6.45) is 2.39. The molecule has 0 spiro atoms. The van der Waals surface area contributed by atoms with Crippen LogP contribution in [0.25, 0.3) is 0 Å². The Hall–Kier alpha value is -3.06. The molecule has 1 heterocycles. The van der Waals surface area contributed by atoms with Crippen molar-refractivity contribution >= 4 is 23.2 Å². The normalized spacial score (nSPS) is 15.3. The number of amides is 2. The largest absolute Gasteiger partial charge is 0.497 e. The van der Waals surface area contributed by atoms with Crippen molar-refractivity contribution < 1.29 is 19.1 Å². The first kappa shape index (κ1) is 23.6. The predicted molar refractivity (Wildman–Crippen MR) is 126 cm³/mol. The second kappa shape index (κ2) is 11.0. The number of nitrogens with one attached hydrogen (secondary N) is 1. The molecule has 3 rings (SSSR count). The topological polar surface area (TPSA) is 71.1 Å². The molecule has 1 fully saturated rings. The van der Waals surface area contributed by atoms with E-state index in [1.807, 2.05) is 49.0 Å². The van der Waals surface area contributed by atoms with Gasteiger partial charge in [0.25, 0.3) is 5.91 Å². The minimum atomic E-state index is -0.0594. The van der Waals surface area contributed by atoms with Gasteiger partial charge < -0.3 is 24.6 Å². The smallest absolute Gasteiger partial charge is 0.254 e. The molecule has 0 aliphatic carbocycles. The van der Waals surface area contributed by atoms with Gasteiger partial charge in [0, 0.05) is 57.2 Å². The standard InChI is InChI=1S/C25H33N3O4/c1-5-24(29)26-20-10-13-23(27(2)3)19(15-20)16-28(17-22-7-6-14-32-22)25(30)18-8-11-21(31-4)12-9-18/h8-13,15,22H,5-7,14,16-17H2,1-4H3,(H,26,29)/t22-/m1/s1. The highest BCUT2D eigenvalue weighted by Gasteiger charge is 2.25. The Morgan fingerprint density at radius 3 is 2.50 bits per heavy atom. The van der Waals surface area contributed by atoms with Crippen LogP contribution in [0.2, 0.25) is 0 Å². The molecule has 1 atom stereocenters. The lowest BCUT2D eigenvalue weighted by atomic mass is 10.1. The number of hydrogen-bond donors (Lipinski definition) is 1. The fourth-order valence-corrected chi connectivity index (χ4v) is 3.85. The van der Waals surface area contributed by atoms with Gasteiger partial charge >= 0.3 is 0 Å². The van der Waals surface area contributed by atoms with Gasteiger partial charge in [-0.15, -0.1) is 0 Å². The van der Waals surface area contributed by atoms with E-state index in [9.17, 15) is 9.59 Å². The van der Waals surface area contributed by atoms with Crippen molar-refractivity contribution in [3.63, 3.8) is 0 Å². The molecule has 0 saturated carbocycles. The third-order valence-electron chi connectivity index (χ3n) is 5.60. The molecule has 0 unspecified atom stereocenters. The number of methoxy groups -OCH3 is 1.